The van der Waals surface area contributed by atoms with Gasteiger partial charge in [-0.15, -0.1) is 0 Å². The first kappa shape index (κ1) is 26.0. The number of hydrogen-bond donors (Lipinski definition) is 0. The van der Waals surface area contributed by atoms with Gasteiger partial charge in [-0.3, -0.25) is 0 Å². The van der Waals surface area contributed by atoms with Gasteiger partial charge in [0, 0.05) is 0 Å². The van der Waals surface area contributed by atoms with Crippen molar-refractivity contribution in [2.75, 3.05) is 0 Å². The van der Waals surface area contributed by atoms with E-state index in [-0.39, 0.29) is 0 Å². The SMILES string of the molecule is C/C=C/C=C(c1cc(C)c(OCc2ccccc2)cc1C)c1cc(C)c(OCc2ccccc2)cc1C. The molecule has 0 aromatic heterocycles. The molecule has 0 spiro atoms. The molecule has 0 aliphatic rings. The smallest absolute Gasteiger partial charge is 0.123 e. The summed E-state index contributed by atoms with van der Waals surface area (Å²) < 4.78 is 12.4. The van der Waals surface area contributed by atoms with Gasteiger partial charge in [0.25, 0.3) is 0 Å². The summed E-state index contributed by atoms with van der Waals surface area (Å²) in [6.45, 7) is 11.7. The van der Waals surface area contributed by atoms with Crippen molar-refractivity contribution in [1.29, 1.82) is 0 Å². The van der Waals surface area contributed by atoms with Crippen molar-refractivity contribution in [3.63, 3.8) is 0 Å². The molecule has 0 bridgehead atoms. The first-order chi connectivity index (χ1) is 18.0. The molecule has 188 valence electrons. The molecule has 4 aromatic carbocycles. The van der Waals surface area contributed by atoms with Crippen molar-refractivity contribution in [2.24, 2.45) is 0 Å². The molecule has 0 saturated carbocycles. The van der Waals surface area contributed by atoms with Crippen molar-refractivity contribution in [3.8, 4) is 11.5 Å². The summed E-state index contributed by atoms with van der Waals surface area (Å²) in [7, 11) is 0. The van der Waals surface area contributed by atoms with Gasteiger partial charge in [0.05, 0.1) is 0 Å². The Morgan fingerprint density at radius 3 is 1.43 bits per heavy atom. The molecular weight excluding hydrogens is 452 g/mol. The van der Waals surface area contributed by atoms with Crippen LogP contribution in [0.1, 0.15) is 51.4 Å². The van der Waals surface area contributed by atoms with Crippen molar-refractivity contribution < 1.29 is 9.47 Å². The van der Waals surface area contributed by atoms with E-state index in [1.54, 1.807) is 0 Å². The molecule has 0 heterocycles. The minimum Gasteiger partial charge on any atom is -0.489 e. The summed E-state index contributed by atoms with van der Waals surface area (Å²) in [6.07, 6.45) is 6.39. The third kappa shape index (κ3) is 6.59. The standard InChI is InChI=1S/C35H36O2/c1-6-7-18-31(32-19-27(4)34(21-25(32)2)36-23-29-14-10-8-11-15-29)33-20-28(5)35(22-26(33)3)37-24-30-16-12-9-13-17-30/h6-22H,23-24H2,1-5H3/b7-6+. The number of allylic oxidation sites excluding steroid dienone is 3. The van der Waals surface area contributed by atoms with Crippen LogP contribution in [0.25, 0.3) is 5.57 Å². The second-order valence-corrected chi connectivity index (χ2v) is 9.52. The average molecular weight is 489 g/mol. The highest BCUT2D eigenvalue weighted by atomic mass is 16.5. The van der Waals surface area contributed by atoms with Crippen LogP contribution in [0.2, 0.25) is 0 Å². The molecule has 0 aliphatic heterocycles. The molecule has 37 heavy (non-hydrogen) atoms. The quantitative estimate of drug-likeness (QED) is 0.219. The van der Waals surface area contributed by atoms with Crippen LogP contribution in [0.15, 0.2) is 103 Å². The lowest BCUT2D eigenvalue weighted by Gasteiger charge is -2.19. The molecule has 0 saturated heterocycles. The van der Waals surface area contributed by atoms with E-state index in [0.29, 0.717) is 13.2 Å². The third-order valence-corrected chi connectivity index (χ3v) is 6.55. The highest BCUT2D eigenvalue weighted by molar-refractivity contribution is 5.85. The second kappa shape index (κ2) is 12.3. The van der Waals surface area contributed by atoms with Crippen LogP contribution in [0.3, 0.4) is 0 Å². The number of benzene rings is 4. The summed E-state index contributed by atoms with van der Waals surface area (Å²) >= 11 is 0. The normalized spacial score (nSPS) is 10.9. The van der Waals surface area contributed by atoms with Gasteiger partial charge >= 0.3 is 0 Å². The van der Waals surface area contributed by atoms with Crippen LogP contribution in [0.5, 0.6) is 11.5 Å². The van der Waals surface area contributed by atoms with Crippen LogP contribution in [-0.2, 0) is 13.2 Å². The minimum absolute atomic E-state index is 0.560. The van der Waals surface area contributed by atoms with E-state index in [9.17, 15) is 0 Å². The fourth-order valence-electron chi connectivity index (χ4n) is 4.46. The van der Waals surface area contributed by atoms with Crippen LogP contribution >= 0.6 is 0 Å². The van der Waals surface area contributed by atoms with E-state index in [0.717, 1.165) is 33.8 Å². The molecule has 0 unspecified atom stereocenters. The van der Waals surface area contributed by atoms with Crippen molar-refractivity contribution in [3.05, 3.63) is 148 Å². The van der Waals surface area contributed by atoms with Gasteiger partial charge in [-0.2, -0.15) is 0 Å². The van der Waals surface area contributed by atoms with Crippen LogP contribution in [-0.4, -0.2) is 0 Å². The molecule has 2 nitrogen and oxygen atoms in total. The van der Waals surface area contributed by atoms with Gasteiger partial charge in [-0.25, -0.2) is 0 Å². The van der Waals surface area contributed by atoms with Gasteiger partial charge in [0.2, 0.25) is 0 Å². The van der Waals surface area contributed by atoms with E-state index < -0.39 is 0 Å². The molecule has 0 N–H and O–H groups in total. The van der Waals surface area contributed by atoms with E-state index >= 15 is 0 Å². The highest BCUT2D eigenvalue weighted by Crippen LogP contribution is 2.35. The maximum Gasteiger partial charge on any atom is 0.123 e. The van der Waals surface area contributed by atoms with Crippen LogP contribution < -0.4 is 9.47 Å². The Bertz CT molecular complexity index is 1300. The average Bonchev–Trinajstić information content (AvgIpc) is 2.91. The second-order valence-electron chi connectivity index (χ2n) is 9.52. The monoisotopic (exact) mass is 488 g/mol. The maximum absolute atomic E-state index is 6.20. The molecule has 0 amide bonds. The largest absolute Gasteiger partial charge is 0.489 e. The lowest BCUT2D eigenvalue weighted by molar-refractivity contribution is 0.304. The minimum atomic E-state index is 0.560. The Hall–Kier alpha value is -4.04. The summed E-state index contributed by atoms with van der Waals surface area (Å²) in [5.74, 6) is 1.85. The molecule has 4 aromatic rings. The maximum atomic E-state index is 6.20. The van der Waals surface area contributed by atoms with Gasteiger partial charge in [-0.05, 0) is 109 Å². The molecule has 4 rings (SSSR count). The van der Waals surface area contributed by atoms with Gasteiger partial charge in [0.15, 0.2) is 0 Å². The van der Waals surface area contributed by atoms with Gasteiger partial charge in [0.1, 0.15) is 24.7 Å². The van der Waals surface area contributed by atoms with E-state index in [2.05, 4.69) is 94.5 Å². The highest BCUT2D eigenvalue weighted by Gasteiger charge is 2.15. The van der Waals surface area contributed by atoms with E-state index in [4.69, 9.17) is 9.47 Å². The first-order valence-electron chi connectivity index (χ1n) is 12.9. The molecular formula is C35H36O2. The van der Waals surface area contributed by atoms with Gasteiger partial charge < -0.3 is 9.47 Å². The Balaban J connectivity index is 1.63. The summed E-state index contributed by atoms with van der Waals surface area (Å²) in [4.78, 5) is 0. The molecule has 2 heteroatoms. The summed E-state index contributed by atoms with van der Waals surface area (Å²) in [5, 5.41) is 0. The van der Waals surface area contributed by atoms with Crippen molar-refractivity contribution >= 4 is 5.57 Å². The molecule has 0 atom stereocenters. The third-order valence-electron chi connectivity index (χ3n) is 6.55. The number of hydrogen-bond acceptors (Lipinski definition) is 2. The summed E-state index contributed by atoms with van der Waals surface area (Å²) in [6, 6.07) is 29.4. The molecule has 0 fully saturated rings. The van der Waals surface area contributed by atoms with Gasteiger partial charge in [-0.1, -0.05) is 78.9 Å². The van der Waals surface area contributed by atoms with Crippen LogP contribution in [0, 0.1) is 27.7 Å². The summed E-state index contributed by atoms with van der Waals surface area (Å²) in [5.41, 5.74) is 10.6. The zero-order chi connectivity index (χ0) is 26.2. The first-order valence-corrected chi connectivity index (χ1v) is 12.9. The van der Waals surface area contributed by atoms with E-state index in [1.165, 1.54) is 27.8 Å². The van der Waals surface area contributed by atoms with Crippen LogP contribution in [0.4, 0.5) is 0 Å². The fraction of sp³-hybridized carbons (Fsp3) is 0.200. The zero-order valence-corrected chi connectivity index (χ0v) is 22.5. The Kier molecular flexibility index (Phi) is 8.64. The zero-order valence-electron chi connectivity index (χ0n) is 22.5. The molecule has 0 aliphatic carbocycles. The Labute approximate surface area is 221 Å². The predicted molar refractivity (Wildman–Crippen MR) is 155 cm³/mol. The fourth-order valence-corrected chi connectivity index (χ4v) is 4.46. The lowest BCUT2D eigenvalue weighted by Crippen LogP contribution is -2.02. The number of aryl methyl sites for hydroxylation is 4. The van der Waals surface area contributed by atoms with Crippen molar-refractivity contribution in [1.82, 2.24) is 0 Å². The van der Waals surface area contributed by atoms with E-state index in [1.807, 2.05) is 43.3 Å². The molecule has 0 radical (unpaired) electrons. The topological polar surface area (TPSA) is 18.5 Å². The lowest BCUT2D eigenvalue weighted by atomic mass is 9.89. The predicted octanol–water partition coefficient (Wildman–Crippen LogP) is 9.09. The Morgan fingerprint density at radius 1 is 0.595 bits per heavy atom. The Morgan fingerprint density at radius 2 is 1.03 bits per heavy atom. The van der Waals surface area contributed by atoms with Crippen molar-refractivity contribution in [2.45, 2.75) is 47.8 Å². The number of rotatable bonds is 9. The number of ether oxygens (including phenoxy) is 2.